The first-order valence-corrected chi connectivity index (χ1v) is 11.5. The Morgan fingerprint density at radius 3 is 2.82 bits per heavy atom. The number of morpholine rings is 1. The fourth-order valence-corrected chi connectivity index (χ4v) is 4.36. The first kappa shape index (κ1) is 21.4. The van der Waals surface area contributed by atoms with E-state index >= 15 is 0 Å². The lowest BCUT2D eigenvalue weighted by atomic mass is 10.1. The summed E-state index contributed by atoms with van der Waals surface area (Å²) in [5.41, 5.74) is 4.62. The zero-order valence-corrected chi connectivity index (χ0v) is 18.8. The number of benzene rings is 2. The molecule has 4 aromatic rings. The van der Waals surface area contributed by atoms with Gasteiger partial charge in [0.05, 0.1) is 29.8 Å². The van der Waals surface area contributed by atoms with Crippen LogP contribution in [0.3, 0.4) is 0 Å². The molecule has 2 aromatic heterocycles. The Morgan fingerprint density at radius 2 is 1.97 bits per heavy atom. The summed E-state index contributed by atoms with van der Waals surface area (Å²) in [4.78, 5) is 26.5. The molecule has 33 heavy (non-hydrogen) atoms. The van der Waals surface area contributed by atoms with Gasteiger partial charge in [-0.25, -0.2) is 14.8 Å². The number of aromatic nitrogens is 4. The molecule has 3 N–H and O–H groups in total. The van der Waals surface area contributed by atoms with Gasteiger partial charge in [-0.3, -0.25) is 9.47 Å². The molecule has 0 spiro atoms. The topological polar surface area (TPSA) is 100 Å². The molecule has 172 valence electrons. The molecule has 0 atom stereocenters. The third-order valence-corrected chi connectivity index (χ3v) is 6.16. The van der Waals surface area contributed by atoms with Crippen LogP contribution in [0.2, 0.25) is 0 Å². The average molecular weight is 448 g/mol. The number of anilines is 2. The van der Waals surface area contributed by atoms with Gasteiger partial charge in [0.15, 0.2) is 0 Å². The number of imidazole rings is 1. The molecule has 1 aliphatic heterocycles. The van der Waals surface area contributed by atoms with Crippen molar-refractivity contribution in [1.29, 1.82) is 0 Å². The van der Waals surface area contributed by atoms with Gasteiger partial charge < -0.3 is 20.4 Å². The van der Waals surface area contributed by atoms with Gasteiger partial charge in [-0.2, -0.15) is 0 Å². The van der Waals surface area contributed by atoms with E-state index in [1.54, 1.807) is 10.9 Å². The Kier molecular flexibility index (Phi) is 6.23. The normalized spacial score (nSPS) is 14.7. The van der Waals surface area contributed by atoms with E-state index in [1.165, 1.54) is 0 Å². The Morgan fingerprint density at radius 1 is 1.12 bits per heavy atom. The number of aryl methyl sites for hydroxylation is 1. The van der Waals surface area contributed by atoms with Crippen molar-refractivity contribution in [3.63, 3.8) is 0 Å². The van der Waals surface area contributed by atoms with Crippen molar-refractivity contribution in [1.82, 2.24) is 24.4 Å². The minimum absolute atomic E-state index is 0.109. The number of rotatable bonds is 8. The van der Waals surface area contributed by atoms with E-state index in [1.807, 2.05) is 31.2 Å². The molecule has 1 aliphatic rings. The van der Waals surface area contributed by atoms with Crippen molar-refractivity contribution in [2.24, 2.45) is 0 Å². The average Bonchev–Trinajstić information content (AvgIpc) is 3.16. The number of para-hydroxylation sites is 1. The van der Waals surface area contributed by atoms with E-state index in [2.05, 4.69) is 42.6 Å². The highest BCUT2D eigenvalue weighted by molar-refractivity contribution is 5.98. The van der Waals surface area contributed by atoms with Crippen molar-refractivity contribution >= 4 is 33.4 Å². The van der Waals surface area contributed by atoms with Crippen molar-refractivity contribution in [3.8, 4) is 0 Å². The fourth-order valence-electron chi connectivity index (χ4n) is 4.36. The van der Waals surface area contributed by atoms with Crippen LogP contribution < -0.4 is 16.3 Å². The lowest BCUT2D eigenvalue weighted by Crippen LogP contribution is -2.39. The molecule has 2 aromatic carbocycles. The Bertz CT molecular complexity index is 1310. The molecular formula is C24H29N7O2. The molecule has 0 radical (unpaired) electrons. The van der Waals surface area contributed by atoms with Gasteiger partial charge in [0.1, 0.15) is 12.1 Å². The Balaban J connectivity index is 1.32. The summed E-state index contributed by atoms with van der Waals surface area (Å²) in [7, 11) is 0. The van der Waals surface area contributed by atoms with E-state index in [4.69, 9.17) is 4.74 Å². The number of hydrogen-bond donors (Lipinski definition) is 3. The number of H-pyrrole nitrogens is 1. The van der Waals surface area contributed by atoms with Crippen molar-refractivity contribution in [2.45, 2.75) is 20.0 Å². The van der Waals surface area contributed by atoms with E-state index in [0.29, 0.717) is 13.1 Å². The highest BCUT2D eigenvalue weighted by atomic mass is 16.5. The van der Waals surface area contributed by atoms with E-state index in [9.17, 15) is 4.79 Å². The van der Waals surface area contributed by atoms with Gasteiger partial charge in [0.2, 0.25) is 0 Å². The largest absolute Gasteiger partial charge is 0.383 e. The van der Waals surface area contributed by atoms with Crippen molar-refractivity contribution in [2.75, 3.05) is 50.0 Å². The molecular weight excluding hydrogens is 418 g/mol. The summed E-state index contributed by atoms with van der Waals surface area (Å²) < 4.78 is 7.14. The number of fused-ring (bicyclic) bond motifs is 2. The maximum absolute atomic E-state index is 12.2. The lowest BCUT2D eigenvalue weighted by Gasteiger charge is -2.26. The van der Waals surface area contributed by atoms with Crippen LogP contribution in [0.4, 0.5) is 11.5 Å². The smallest absolute Gasteiger partial charge is 0.326 e. The lowest BCUT2D eigenvalue weighted by molar-refractivity contribution is 0.0398. The molecule has 1 fully saturated rings. The van der Waals surface area contributed by atoms with Crippen LogP contribution in [0.5, 0.6) is 0 Å². The molecule has 0 aliphatic carbocycles. The fraction of sp³-hybridized carbons (Fsp3) is 0.375. The zero-order valence-electron chi connectivity index (χ0n) is 18.8. The number of ether oxygens (including phenoxy) is 1. The van der Waals surface area contributed by atoms with Gasteiger partial charge in [-0.1, -0.05) is 18.2 Å². The van der Waals surface area contributed by atoms with Gasteiger partial charge >= 0.3 is 5.69 Å². The Labute approximate surface area is 191 Å². The van der Waals surface area contributed by atoms with Gasteiger partial charge in [0, 0.05) is 50.3 Å². The van der Waals surface area contributed by atoms with Crippen molar-refractivity contribution < 1.29 is 4.74 Å². The van der Waals surface area contributed by atoms with Crippen LogP contribution in [-0.4, -0.2) is 63.8 Å². The molecule has 0 unspecified atom stereocenters. The second-order valence-electron chi connectivity index (χ2n) is 8.17. The molecule has 5 rings (SSSR count). The van der Waals surface area contributed by atoms with Crippen LogP contribution in [-0.2, 0) is 17.8 Å². The summed E-state index contributed by atoms with van der Waals surface area (Å²) in [5, 5.41) is 7.92. The van der Waals surface area contributed by atoms with Crippen LogP contribution in [0.15, 0.2) is 47.5 Å². The standard InChI is InChI=1S/C24H29N7O2/c1-2-31-22-14-20-18(13-21(22)29-24(31)32)23(28-16-27-20)26-15-17-5-3-4-6-19(17)25-7-8-30-9-11-33-12-10-30/h3-6,13-14,16,25H,2,7-12,15H2,1H3,(H,29,32)(H,26,27,28). The number of nitrogens with zero attached hydrogens (tertiary/aromatic N) is 4. The van der Waals surface area contributed by atoms with Gasteiger partial charge in [-0.15, -0.1) is 0 Å². The highest BCUT2D eigenvalue weighted by Gasteiger charge is 2.12. The van der Waals surface area contributed by atoms with E-state index < -0.39 is 0 Å². The molecule has 1 saturated heterocycles. The first-order chi connectivity index (χ1) is 16.2. The quantitative estimate of drug-likeness (QED) is 0.382. The zero-order chi connectivity index (χ0) is 22.6. The third kappa shape index (κ3) is 4.55. The van der Waals surface area contributed by atoms with E-state index in [-0.39, 0.29) is 5.69 Å². The summed E-state index contributed by atoms with van der Waals surface area (Å²) in [6.45, 7) is 8.68. The second-order valence-corrected chi connectivity index (χ2v) is 8.17. The van der Waals surface area contributed by atoms with Crippen molar-refractivity contribution in [3.05, 3.63) is 58.8 Å². The van der Waals surface area contributed by atoms with Gasteiger partial charge in [0.25, 0.3) is 0 Å². The maximum atomic E-state index is 12.2. The summed E-state index contributed by atoms with van der Waals surface area (Å²) in [6.07, 6.45) is 1.56. The van der Waals surface area contributed by atoms with Crippen LogP contribution in [0.1, 0.15) is 12.5 Å². The maximum Gasteiger partial charge on any atom is 0.326 e. The molecule has 9 heteroatoms. The summed E-state index contributed by atoms with van der Waals surface area (Å²) >= 11 is 0. The van der Waals surface area contributed by atoms with Crippen LogP contribution >= 0.6 is 0 Å². The number of nitrogens with one attached hydrogen (secondary N) is 3. The molecule has 3 heterocycles. The molecule has 0 bridgehead atoms. The molecule has 0 amide bonds. The predicted molar refractivity (Wildman–Crippen MR) is 131 cm³/mol. The number of aromatic amines is 1. The molecule has 0 saturated carbocycles. The number of hydrogen-bond acceptors (Lipinski definition) is 7. The summed E-state index contributed by atoms with van der Waals surface area (Å²) in [5.74, 6) is 0.745. The SMILES string of the molecule is CCn1c(=O)[nH]c2cc3c(NCc4ccccc4NCCN4CCOCC4)ncnc3cc21. The van der Waals surface area contributed by atoms with E-state index in [0.717, 1.165) is 78.4 Å². The minimum atomic E-state index is -0.109. The molecule has 9 nitrogen and oxygen atoms in total. The third-order valence-electron chi connectivity index (χ3n) is 6.16. The minimum Gasteiger partial charge on any atom is -0.383 e. The first-order valence-electron chi connectivity index (χ1n) is 11.5. The highest BCUT2D eigenvalue weighted by Crippen LogP contribution is 2.25. The monoisotopic (exact) mass is 447 g/mol. The second kappa shape index (κ2) is 9.60. The van der Waals surface area contributed by atoms with Gasteiger partial charge in [-0.05, 0) is 30.7 Å². The van der Waals surface area contributed by atoms with Crippen LogP contribution in [0, 0.1) is 0 Å². The predicted octanol–water partition coefficient (Wildman–Crippen LogP) is 2.65. The van der Waals surface area contributed by atoms with Crippen LogP contribution in [0.25, 0.3) is 21.9 Å². The summed E-state index contributed by atoms with van der Waals surface area (Å²) in [6, 6.07) is 12.2. The Hall–Kier alpha value is -3.43.